The van der Waals surface area contributed by atoms with E-state index in [9.17, 15) is 0 Å². The van der Waals surface area contributed by atoms with Gasteiger partial charge in [0.25, 0.3) is 0 Å². The van der Waals surface area contributed by atoms with Crippen molar-refractivity contribution in [3.05, 3.63) is 36.4 Å². The maximum absolute atomic E-state index is 7.30. The fraction of sp³-hybridized carbons (Fsp3) is 0.400. The van der Waals surface area contributed by atoms with E-state index in [-0.39, 0.29) is 6.05 Å². The molecule has 0 aliphatic heterocycles. The third kappa shape index (κ3) is 5.36. The smallest absolute Gasteiger partial charge is 0.0619 e. The molecule has 0 bridgehead atoms. The molecule has 0 N–H and O–H groups in total. The van der Waals surface area contributed by atoms with Crippen molar-refractivity contribution in [2.45, 2.75) is 26.7 Å². The summed E-state index contributed by atoms with van der Waals surface area (Å²) < 4.78 is 21.1. The van der Waals surface area contributed by atoms with E-state index in [1.165, 1.54) is 5.57 Å². The molecule has 0 heterocycles. The van der Waals surface area contributed by atoms with Crippen LogP contribution in [-0.4, -0.2) is 0 Å². The third-order valence-corrected chi connectivity index (χ3v) is 1.18. The molecule has 0 amide bonds. The third-order valence-electron chi connectivity index (χ3n) is 1.18. The van der Waals surface area contributed by atoms with Crippen LogP contribution in [0, 0.1) is 0 Å². The van der Waals surface area contributed by atoms with Crippen LogP contribution in [0.4, 0.5) is 0 Å². The fourth-order valence-corrected chi connectivity index (χ4v) is 0.598. The number of allylic oxidation sites excluding steroid dienone is 4. The van der Waals surface area contributed by atoms with Gasteiger partial charge in [-0.15, -0.1) is 0 Å². The summed E-state index contributed by atoms with van der Waals surface area (Å²) in [4.78, 5) is 0. The maximum atomic E-state index is 7.30. The monoisotopic (exact) mass is 139 g/mol. The molecule has 0 spiro atoms. The second-order valence-electron chi connectivity index (χ2n) is 2.55. The topological polar surface area (TPSA) is 0 Å². The van der Waals surface area contributed by atoms with Gasteiger partial charge >= 0.3 is 0 Å². The summed E-state index contributed by atoms with van der Waals surface area (Å²) in [5.41, 5.74) is 1.80. The van der Waals surface area contributed by atoms with Crippen LogP contribution in [0.2, 0.25) is 0 Å². The molecular weight excluding hydrogens is 120 g/mol. The van der Waals surface area contributed by atoms with Crippen molar-refractivity contribution in [2.24, 2.45) is 0 Å². The van der Waals surface area contributed by atoms with Crippen molar-refractivity contribution in [3.8, 4) is 0 Å². The average molecular weight is 139 g/mol. The molecule has 56 valence electrons. The molecular formula is C10H16. The van der Waals surface area contributed by atoms with Gasteiger partial charge < -0.3 is 0 Å². The first kappa shape index (κ1) is 4.95. The highest BCUT2D eigenvalue weighted by Gasteiger charge is 1.84. The van der Waals surface area contributed by atoms with Crippen LogP contribution in [0.15, 0.2) is 36.4 Å². The van der Waals surface area contributed by atoms with Gasteiger partial charge in [-0.25, -0.2) is 0 Å². The van der Waals surface area contributed by atoms with Crippen LogP contribution in [0.25, 0.3) is 0 Å². The first-order chi connectivity index (χ1) is 5.95. The lowest BCUT2D eigenvalue weighted by Gasteiger charge is -1.94. The summed E-state index contributed by atoms with van der Waals surface area (Å²) in [7, 11) is 0. The van der Waals surface area contributed by atoms with Gasteiger partial charge in [0, 0.05) is 0 Å². The Hall–Kier alpha value is -0.780. The number of rotatable bonds is 4. The van der Waals surface area contributed by atoms with Gasteiger partial charge in [0.15, 0.2) is 0 Å². The second-order valence-corrected chi connectivity index (χ2v) is 2.55. The zero-order valence-electron chi connectivity index (χ0n) is 9.70. The number of hydrogen-bond acceptors (Lipinski definition) is 0. The Labute approximate surface area is 68.2 Å². The highest BCUT2D eigenvalue weighted by atomic mass is 13.9. The molecule has 0 radical (unpaired) electrons. The van der Waals surface area contributed by atoms with Crippen molar-refractivity contribution in [3.63, 3.8) is 0 Å². The molecule has 0 aromatic heterocycles. The van der Waals surface area contributed by atoms with Gasteiger partial charge in [-0.05, 0) is 26.7 Å². The highest BCUT2D eigenvalue weighted by molar-refractivity contribution is 5.11. The molecule has 0 atom stereocenters. The van der Waals surface area contributed by atoms with E-state index >= 15 is 0 Å². The summed E-state index contributed by atoms with van der Waals surface area (Å²) in [6.45, 7) is 7.23. The van der Waals surface area contributed by atoms with Crippen molar-refractivity contribution in [2.75, 3.05) is 0 Å². The van der Waals surface area contributed by atoms with Crippen molar-refractivity contribution >= 4 is 0 Å². The summed E-state index contributed by atoms with van der Waals surface area (Å²) >= 11 is 0. The molecule has 0 nitrogen and oxygen atoms in total. The van der Waals surface area contributed by atoms with E-state index in [1.54, 1.807) is 0 Å². The van der Waals surface area contributed by atoms with E-state index < -0.39 is 6.53 Å². The minimum atomic E-state index is -0.456. The van der Waals surface area contributed by atoms with Crippen molar-refractivity contribution in [1.29, 1.82) is 0 Å². The molecule has 0 saturated carbocycles. The van der Waals surface area contributed by atoms with E-state index in [2.05, 4.69) is 12.7 Å². The molecule has 0 aliphatic rings. The van der Waals surface area contributed by atoms with Gasteiger partial charge in [0.05, 0.1) is 4.11 Å². The minimum Gasteiger partial charge on any atom is -0.0988 e. The molecule has 0 unspecified atom stereocenters. The van der Waals surface area contributed by atoms with Gasteiger partial charge in [-0.2, -0.15) is 0 Å². The lowest BCUT2D eigenvalue weighted by molar-refractivity contribution is 0.999. The van der Waals surface area contributed by atoms with E-state index in [0.717, 1.165) is 6.42 Å². The Morgan fingerprint density at radius 2 is 2.40 bits per heavy atom. The van der Waals surface area contributed by atoms with Crippen LogP contribution in [0.5, 0.6) is 0 Å². The van der Waals surface area contributed by atoms with Crippen LogP contribution in [0.1, 0.15) is 30.8 Å². The minimum absolute atomic E-state index is 0.0536. The normalized spacial score (nSPS) is 12.4. The summed E-state index contributed by atoms with van der Waals surface area (Å²) in [6.07, 6.45) is 3.55. The quantitative estimate of drug-likeness (QED) is 0.413. The van der Waals surface area contributed by atoms with E-state index in [4.69, 9.17) is 4.11 Å². The van der Waals surface area contributed by atoms with Crippen molar-refractivity contribution in [1.82, 2.24) is 0 Å². The van der Waals surface area contributed by atoms with Gasteiger partial charge in [0.2, 0.25) is 0 Å². The van der Waals surface area contributed by atoms with E-state index in [0.29, 0.717) is 12.0 Å². The van der Waals surface area contributed by atoms with Crippen LogP contribution in [-0.2, 0) is 0 Å². The molecule has 0 aliphatic carbocycles. The Morgan fingerprint density at radius 1 is 1.70 bits per heavy atom. The summed E-state index contributed by atoms with van der Waals surface area (Å²) in [5, 5.41) is 0. The Balaban J connectivity index is 4.04. The second kappa shape index (κ2) is 5.04. The van der Waals surface area contributed by atoms with E-state index in [1.807, 2.05) is 13.8 Å². The standard InChI is InChI=1S/C10H16/c1-5-10(4)8-6-7-9(2)3/h5,7H,1,4,6,8H2,2-3H3/i1D2,5D. The fourth-order valence-electron chi connectivity index (χ4n) is 0.598. The lowest BCUT2D eigenvalue weighted by atomic mass is 10.1. The predicted molar refractivity (Wildman–Crippen MR) is 48.0 cm³/mol. The van der Waals surface area contributed by atoms with Crippen LogP contribution < -0.4 is 0 Å². The lowest BCUT2D eigenvalue weighted by Crippen LogP contribution is -1.74. The zero-order chi connectivity index (χ0) is 10.4. The largest absolute Gasteiger partial charge is 0.0988 e. The van der Waals surface area contributed by atoms with Gasteiger partial charge in [-0.3, -0.25) is 0 Å². The molecule has 0 aromatic rings. The summed E-state index contributed by atoms with van der Waals surface area (Å²) in [6, 6.07) is -0.0536. The van der Waals surface area contributed by atoms with Crippen molar-refractivity contribution < 1.29 is 4.11 Å². The van der Waals surface area contributed by atoms with Gasteiger partial charge in [0.1, 0.15) is 0 Å². The first-order valence-electron chi connectivity index (χ1n) is 4.90. The molecule has 0 aromatic carbocycles. The van der Waals surface area contributed by atoms with Crippen LogP contribution in [0.3, 0.4) is 0 Å². The number of hydrogen-bond donors (Lipinski definition) is 0. The average Bonchev–Trinajstić information content (AvgIpc) is 2.02. The highest BCUT2D eigenvalue weighted by Crippen LogP contribution is 2.04. The molecule has 0 rings (SSSR count). The molecule has 0 saturated heterocycles. The first-order valence-corrected chi connectivity index (χ1v) is 3.40. The summed E-state index contributed by atoms with van der Waals surface area (Å²) in [5.74, 6) is 0. The predicted octanol–water partition coefficient (Wildman–Crippen LogP) is 3.48. The molecule has 0 fully saturated rings. The Kier molecular flexibility index (Phi) is 2.49. The van der Waals surface area contributed by atoms with Crippen LogP contribution >= 0.6 is 0 Å². The van der Waals surface area contributed by atoms with Gasteiger partial charge in [-0.1, -0.05) is 36.4 Å². The maximum Gasteiger partial charge on any atom is 0.0619 e. The zero-order valence-corrected chi connectivity index (χ0v) is 6.70. The Bertz CT molecular complexity index is 241. The SMILES string of the molecule is [2H]C([2H])=C([2H])C(=C)CCC=C(C)C. The molecule has 10 heavy (non-hydrogen) atoms. The molecule has 0 heteroatoms. The Morgan fingerprint density at radius 3 is 2.90 bits per heavy atom.